The third kappa shape index (κ3) is 7.44. The van der Waals surface area contributed by atoms with Crippen LogP contribution in [0.15, 0.2) is 66.9 Å². The van der Waals surface area contributed by atoms with E-state index in [1.165, 1.54) is 18.6 Å². The Balaban J connectivity index is 1.00. The van der Waals surface area contributed by atoms with E-state index in [-0.39, 0.29) is 23.5 Å². The highest BCUT2D eigenvalue weighted by molar-refractivity contribution is 6.01. The molecule has 0 unspecified atom stereocenters. The number of rotatable bonds is 9. The zero-order chi connectivity index (χ0) is 32.3. The highest BCUT2D eigenvalue weighted by atomic mass is 19.4. The molecule has 10 heteroatoms. The van der Waals surface area contributed by atoms with Crippen molar-refractivity contribution in [2.45, 2.75) is 70.7 Å². The Morgan fingerprint density at radius 1 is 0.935 bits per heavy atom. The van der Waals surface area contributed by atoms with Crippen molar-refractivity contribution >= 4 is 22.6 Å². The smallest absolute Gasteiger partial charge is 0.416 e. The number of ketones is 1. The van der Waals surface area contributed by atoms with E-state index in [1.807, 2.05) is 34.8 Å². The Kier molecular flexibility index (Phi) is 9.44. The number of amides is 1. The topological polar surface area (TPSA) is 73.7 Å². The first-order valence-electron chi connectivity index (χ1n) is 16.0. The van der Waals surface area contributed by atoms with E-state index in [9.17, 15) is 22.8 Å². The molecule has 2 aliphatic heterocycles. The van der Waals surface area contributed by atoms with Gasteiger partial charge in [0.25, 0.3) is 5.91 Å². The SMILES string of the molecule is Cc1c(C(=O)CC[C@@H]2CCCCO2)ccc2nn(CC3CCN(C(=O)c4ccc(Oc5ccc(C(F)(F)F)cc5)cc4)CC3)cc12. The Morgan fingerprint density at radius 2 is 1.63 bits per heavy atom. The van der Waals surface area contributed by atoms with Crippen molar-refractivity contribution in [1.82, 2.24) is 14.7 Å². The zero-order valence-electron chi connectivity index (χ0n) is 25.9. The Bertz CT molecular complexity index is 1670. The highest BCUT2D eigenvalue weighted by Gasteiger charge is 2.30. The van der Waals surface area contributed by atoms with Gasteiger partial charge in [-0.1, -0.05) is 0 Å². The fraction of sp³-hybridized carbons (Fsp3) is 0.417. The van der Waals surface area contributed by atoms with Crippen molar-refractivity contribution in [3.05, 3.63) is 89.1 Å². The van der Waals surface area contributed by atoms with Gasteiger partial charge in [-0.15, -0.1) is 0 Å². The van der Waals surface area contributed by atoms with E-state index < -0.39 is 11.7 Å². The lowest BCUT2D eigenvalue weighted by molar-refractivity contribution is -0.137. The minimum atomic E-state index is -4.40. The van der Waals surface area contributed by atoms with Crippen LogP contribution in [0.4, 0.5) is 13.2 Å². The fourth-order valence-electron chi connectivity index (χ4n) is 6.42. The first-order valence-corrected chi connectivity index (χ1v) is 16.0. The minimum absolute atomic E-state index is 0.0628. The number of Topliss-reactive ketones (excluding diaryl/α,β-unsaturated/α-hetero) is 1. The predicted molar refractivity (Wildman–Crippen MR) is 168 cm³/mol. The largest absolute Gasteiger partial charge is 0.457 e. The molecule has 1 amide bonds. The highest BCUT2D eigenvalue weighted by Crippen LogP contribution is 2.32. The number of carbonyl (C=O) groups is 2. The van der Waals surface area contributed by atoms with Crippen LogP contribution in [0.2, 0.25) is 0 Å². The van der Waals surface area contributed by atoms with Crippen molar-refractivity contribution in [1.29, 1.82) is 0 Å². The summed E-state index contributed by atoms with van der Waals surface area (Å²) in [5.41, 5.74) is 2.39. The van der Waals surface area contributed by atoms with Crippen LogP contribution in [0, 0.1) is 12.8 Å². The Morgan fingerprint density at radius 3 is 2.28 bits per heavy atom. The number of aromatic nitrogens is 2. The molecule has 0 bridgehead atoms. The number of alkyl halides is 3. The number of fused-ring (bicyclic) bond motifs is 1. The van der Waals surface area contributed by atoms with Crippen LogP contribution in [-0.2, 0) is 17.5 Å². The van der Waals surface area contributed by atoms with Gasteiger partial charge >= 0.3 is 6.18 Å². The summed E-state index contributed by atoms with van der Waals surface area (Å²) < 4.78 is 51.8. The summed E-state index contributed by atoms with van der Waals surface area (Å²) in [6, 6.07) is 15.0. The van der Waals surface area contributed by atoms with E-state index in [4.69, 9.17) is 14.6 Å². The molecule has 1 aromatic heterocycles. The van der Waals surface area contributed by atoms with E-state index in [0.29, 0.717) is 36.7 Å². The molecule has 7 nitrogen and oxygen atoms in total. The zero-order valence-corrected chi connectivity index (χ0v) is 25.9. The van der Waals surface area contributed by atoms with E-state index in [2.05, 4.69) is 0 Å². The Labute approximate surface area is 266 Å². The number of hydrogen-bond donors (Lipinski definition) is 0. The second kappa shape index (κ2) is 13.7. The number of hydrogen-bond acceptors (Lipinski definition) is 5. The second-order valence-electron chi connectivity index (χ2n) is 12.4. The lowest BCUT2D eigenvalue weighted by atomic mass is 9.96. The van der Waals surface area contributed by atoms with Gasteiger partial charge in [0.2, 0.25) is 0 Å². The van der Waals surface area contributed by atoms with Crippen LogP contribution in [0.1, 0.15) is 76.8 Å². The molecule has 0 spiro atoms. The van der Waals surface area contributed by atoms with Gasteiger partial charge in [0.05, 0.1) is 17.2 Å². The summed E-state index contributed by atoms with van der Waals surface area (Å²) in [5.74, 6) is 1.17. The molecule has 0 N–H and O–H groups in total. The van der Waals surface area contributed by atoms with Crippen molar-refractivity contribution < 1.29 is 32.2 Å². The number of nitrogens with zero attached hydrogens (tertiary/aromatic N) is 3. The summed E-state index contributed by atoms with van der Waals surface area (Å²) in [7, 11) is 0. The molecule has 0 radical (unpaired) electrons. The number of likely N-dealkylation sites (tertiary alicyclic amines) is 1. The van der Waals surface area contributed by atoms with Gasteiger partial charge in [-0.25, -0.2) is 0 Å². The molecule has 3 aromatic carbocycles. The van der Waals surface area contributed by atoms with E-state index >= 15 is 0 Å². The molecular weight excluding hydrogens is 595 g/mol. The molecule has 2 fully saturated rings. The number of carbonyl (C=O) groups excluding carboxylic acids is 2. The Hall–Kier alpha value is -4.18. The number of ether oxygens (including phenoxy) is 2. The number of halogens is 3. The third-order valence-corrected chi connectivity index (χ3v) is 9.14. The number of piperidine rings is 1. The summed E-state index contributed by atoms with van der Waals surface area (Å²) in [6.45, 7) is 4.80. The van der Waals surface area contributed by atoms with Crippen LogP contribution in [0.25, 0.3) is 10.9 Å². The van der Waals surface area contributed by atoms with Crippen molar-refractivity contribution in [2.75, 3.05) is 19.7 Å². The molecule has 0 saturated carbocycles. The predicted octanol–water partition coefficient (Wildman–Crippen LogP) is 8.24. The van der Waals surface area contributed by atoms with E-state index in [1.54, 1.807) is 24.3 Å². The lowest BCUT2D eigenvalue weighted by Crippen LogP contribution is -2.39. The van der Waals surface area contributed by atoms with Crippen molar-refractivity contribution in [3.63, 3.8) is 0 Å². The fourth-order valence-corrected chi connectivity index (χ4v) is 6.42. The summed E-state index contributed by atoms with van der Waals surface area (Å²) >= 11 is 0. The minimum Gasteiger partial charge on any atom is -0.457 e. The second-order valence-corrected chi connectivity index (χ2v) is 12.4. The molecular formula is C36H38F3N3O4. The maximum Gasteiger partial charge on any atom is 0.416 e. The van der Waals surface area contributed by atoms with Gasteiger partial charge < -0.3 is 14.4 Å². The monoisotopic (exact) mass is 633 g/mol. The molecule has 2 aliphatic rings. The molecule has 6 rings (SSSR count). The van der Waals surface area contributed by atoms with Crippen LogP contribution in [0.3, 0.4) is 0 Å². The molecule has 46 heavy (non-hydrogen) atoms. The van der Waals surface area contributed by atoms with Gasteiger partial charge in [0.15, 0.2) is 5.78 Å². The van der Waals surface area contributed by atoms with Gasteiger partial charge in [0, 0.05) is 55.4 Å². The molecule has 0 aliphatic carbocycles. The van der Waals surface area contributed by atoms with Gasteiger partial charge in [0.1, 0.15) is 11.5 Å². The number of aryl methyl sites for hydroxylation is 1. The van der Waals surface area contributed by atoms with Crippen LogP contribution >= 0.6 is 0 Å². The molecule has 242 valence electrons. The summed E-state index contributed by atoms with van der Waals surface area (Å²) in [4.78, 5) is 28.1. The quantitative estimate of drug-likeness (QED) is 0.174. The van der Waals surface area contributed by atoms with Gasteiger partial charge in [-0.2, -0.15) is 18.3 Å². The number of benzene rings is 3. The standard InChI is InChI=1S/C36H38F3N3O4/c1-24-31(34(43)16-13-28-4-2-3-21-45-28)14-15-33-32(24)23-42(40-33)22-25-17-19-41(20-18-25)35(44)26-5-9-29(10-6-26)46-30-11-7-27(8-12-30)36(37,38)39/h5-12,14-15,23,25,28H,2-4,13,16-22H2,1H3/t28-/m0/s1. The summed E-state index contributed by atoms with van der Waals surface area (Å²) in [5, 5.41) is 5.78. The van der Waals surface area contributed by atoms with Gasteiger partial charge in [-0.3, -0.25) is 14.3 Å². The normalized spacial score (nSPS) is 17.7. The van der Waals surface area contributed by atoms with Crippen LogP contribution < -0.4 is 4.74 Å². The average Bonchev–Trinajstić information content (AvgIpc) is 3.48. The molecule has 2 saturated heterocycles. The summed E-state index contributed by atoms with van der Waals surface area (Å²) in [6.07, 6.45) is 4.09. The van der Waals surface area contributed by atoms with Crippen LogP contribution in [0.5, 0.6) is 11.5 Å². The molecule has 4 aromatic rings. The van der Waals surface area contributed by atoms with Gasteiger partial charge in [-0.05, 0) is 118 Å². The average molecular weight is 634 g/mol. The maximum atomic E-state index is 13.2. The molecule has 3 heterocycles. The van der Waals surface area contributed by atoms with Crippen molar-refractivity contribution in [3.8, 4) is 11.5 Å². The molecule has 1 atom stereocenters. The first-order chi connectivity index (χ1) is 22.1. The van der Waals surface area contributed by atoms with Crippen molar-refractivity contribution in [2.24, 2.45) is 5.92 Å². The third-order valence-electron chi connectivity index (χ3n) is 9.14. The maximum absolute atomic E-state index is 13.2. The lowest BCUT2D eigenvalue weighted by Gasteiger charge is -2.32. The first kappa shape index (κ1) is 31.8. The van der Waals surface area contributed by atoms with E-state index in [0.717, 1.165) is 79.4 Å². The van der Waals surface area contributed by atoms with Crippen LogP contribution in [-0.4, -0.2) is 52.2 Å².